The molecule has 16 heavy (non-hydrogen) atoms. The van der Waals surface area contributed by atoms with Crippen LogP contribution in [-0.2, 0) is 14.3 Å². The molecule has 90 valence electrons. The monoisotopic (exact) mass is 224 g/mol. The van der Waals surface area contributed by atoms with Gasteiger partial charge in [0.2, 0.25) is 0 Å². The van der Waals surface area contributed by atoms with E-state index >= 15 is 0 Å². The van der Waals surface area contributed by atoms with Crippen LogP contribution in [0.15, 0.2) is 0 Å². The summed E-state index contributed by atoms with van der Waals surface area (Å²) in [7, 11) is 0. The summed E-state index contributed by atoms with van der Waals surface area (Å²) in [4.78, 5) is 11.3. The Balaban J connectivity index is 1.56. The molecule has 0 aromatic heterocycles. The van der Waals surface area contributed by atoms with Gasteiger partial charge in [0.15, 0.2) is 5.79 Å². The van der Waals surface area contributed by atoms with Crippen LogP contribution < -0.4 is 0 Å². The van der Waals surface area contributed by atoms with Gasteiger partial charge in [-0.25, -0.2) is 0 Å². The average molecular weight is 224 g/mol. The summed E-state index contributed by atoms with van der Waals surface area (Å²) in [6.45, 7) is 1.51. The number of carbonyl (C=O) groups is 1. The van der Waals surface area contributed by atoms with E-state index in [9.17, 15) is 4.79 Å². The zero-order chi connectivity index (χ0) is 11.0. The first-order valence-corrected chi connectivity index (χ1v) is 6.57. The third kappa shape index (κ3) is 1.91. The van der Waals surface area contributed by atoms with Crippen LogP contribution in [0.4, 0.5) is 0 Å². The number of ether oxygens (including phenoxy) is 2. The van der Waals surface area contributed by atoms with Crippen molar-refractivity contribution in [3.8, 4) is 0 Å². The molecule has 3 rings (SSSR count). The van der Waals surface area contributed by atoms with E-state index in [1.165, 1.54) is 12.8 Å². The maximum atomic E-state index is 11.3. The van der Waals surface area contributed by atoms with E-state index in [0.29, 0.717) is 11.7 Å². The third-order valence-corrected chi connectivity index (χ3v) is 4.56. The molecule has 3 heteroatoms. The molecule has 1 spiro atoms. The summed E-state index contributed by atoms with van der Waals surface area (Å²) in [5, 5.41) is 0. The van der Waals surface area contributed by atoms with Crippen LogP contribution in [0.3, 0.4) is 0 Å². The second-order valence-electron chi connectivity index (χ2n) is 5.49. The van der Waals surface area contributed by atoms with Gasteiger partial charge < -0.3 is 9.47 Å². The summed E-state index contributed by atoms with van der Waals surface area (Å²) in [5.41, 5.74) is 0. The van der Waals surface area contributed by atoms with Gasteiger partial charge in [-0.3, -0.25) is 4.79 Å². The van der Waals surface area contributed by atoms with Crippen LogP contribution in [0, 0.1) is 11.8 Å². The van der Waals surface area contributed by atoms with Crippen LogP contribution in [-0.4, -0.2) is 24.8 Å². The molecule has 1 atom stereocenters. The molecule has 2 aliphatic carbocycles. The molecule has 3 aliphatic rings. The molecule has 2 saturated carbocycles. The van der Waals surface area contributed by atoms with Gasteiger partial charge in [0.1, 0.15) is 5.78 Å². The minimum Gasteiger partial charge on any atom is -0.348 e. The molecule has 0 aromatic rings. The Morgan fingerprint density at radius 2 is 1.69 bits per heavy atom. The number of hydrogen-bond donors (Lipinski definition) is 0. The Morgan fingerprint density at radius 3 is 2.25 bits per heavy atom. The van der Waals surface area contributed by atoms with Crippen LogP contribution in [0.5, 0.6) is 0 Å². The Hall–Kier alpha value is -0.410. The highest BCUT2D eigenvalue weighted by Crippen LogP contribution is 2.44. The predicted octanol–water partition coefficient (Wildman–Crippen LogP) is 2.29. The van der Waals surface area contributed by atoms with E-state index in [-0.39, 0.29) is 5.79 Å². The van der Waals surface area contributed by atoms with E-state index in [4.69, 9.17) is 9.47 Å². The Labute approximate surface area is 96.5 Å². The summed E-state index contributed by atoms with van der Waals surface area (Å²) in [5.74, 6) is 1.63. The van der Waals surface area contributed by atoms with Crippen molar-refractivity contribution in [2.75, 3.05) is 13.2 Å². The van der Waals surface area contributed by atoms with Crippen molar-refractivity contribution in [3.63, 3.8) is 0 Å². The molecule has 1 heterocycles. The van der Waals surface area contributed by atoms with Crippen molar-refractivity contribution in [2.24, 2.45) is 11.8 Å². The lowest BCUT2D eigenvalue weighted by Crippen LogP contribution is -2.36. The SMILES string of the molecule is O=C1CCC(C2CCC3(CC2)OCCO3)C1. The number of carbonyl (C=O) groups excluding carboxylic acids is 1. The van der Waals surface area contributed by atoms with E-state index in [0.717, 1.165) is 51.2 Å². The lowest BCUT2D eigenvalue weighted by atomic mass is 9.77. The first-order valence-electron chi connectivity index (χ1n) is 6.57. The predicted molar refractivity (Wildman–Crippen MR) is 58.9 cm³/mol. The van der Waals surface area contributed by atoms with Crippen molar-refractivity contribution in [2.45, 2.75) is 50.7 Å². The first kappa shape index (κ1) is 10.7. The van der Waals surface area contributed by atoms with Gasteiger partial charge in [-0.1, -0.05) is 0 Å². The van der Waals surface area contributed by atoms with Crippen molar-refractivity contribution < 1.29 is 14.3 Å². The van der Waals surface area contributed by atoms with Gasteiger partial charge in [0.05, 0.1) is 13.2 Å². The second kappa shape index (κ2) is 4.11. The third-order valence-electron chi connectivity index (χ3n) is 4.56. The highest BCUT2D eigenvalue weighted by atomic mass is 16.7. The normalized spacial score (nSPS) is 35.0. The molecule has 1 unspecified atom stereocenters. The molecule has 3 nitrogen and oxygen atoms in total. The van der Waals surface area contributed by atoms with E-state index < -0.39 is 0 Å². The van der Waals surface area contributed by atoms with E-state index in [2.05, 4.69) is 0 Å². The molecular formula is C13H20O3. The molecule has 3 fully saturated rings. The Bertz CT molecular complexity index is 271. The molecule has 1 aliphatic heterocycles. The first-order chi connectivity index (χ1) is 7.77. The van der Waals surface area contributed by atoms with E-state index in [1.807, 2.05) is 0 Å². The molecule has 0 N–H and O–H groups in total. The van der Waals surface area contributed by atoms with Gasteiger partial charge in [-0.05, 0) is 31.1 Å². The van der Waals surface area contributed by atoms with Crippen LogP contribution in [0.2, 0.25) is 0 Å². The Kier molecular flexibility index (Phi) is 2.76. The average Bonchev–Trinajstić information content (AvgIpc) is 2.90. The highest BCUT2D eigenvalue weighted by Gasteiger charge is 2.42. The lowest BCUT2D eigenvalue weighted by Gasteiger charge is -2.37. The second-order valence-corrected chi connectivity index (χ2v) is 5.49. The van der Waals surface area contributed by atoms with Crippen molar-refractivity contribution in [1.29, 1.82) is 0 Å². The van der Waals surface area contributed by atoms with Crippen molar-refractivity contribution in [3.05, 3.63) is 0 Å². The summed E-state index contributed by atoms with van der Waals surface area (Å²) >= 11 is 0. The largest absolute Gasteiger partial charge is 0.348 e. The van der Waals surface area contributed by atoms with Crippen LogP contribution in [0.1, 0.15) is 44.9 Å². The molecule has 0 bridgehead atoms. The van der Waals surface area contributed by atoms with Gasteiger partial charge >= 0.3 is 0 Å². The molecule has 0 aromatic carbocycles. The maximum Gasteiger partial charge on any atom is 0.168 e. The number of rotatable bonds is 1. The lowest BCUT2D eigenvalue weighted by molar-refractivity contribution is -0.184. The van der Waals surface area contributed by atoms with Gasteiger partial charge in [0.25, 0.3) is 0 Å². The zero-order valence-corrected chi connectivity index (χ0v) is 9.74. The fraction of sp³-hybridized carbons (Fsp3) is 0.923. The molecule has 0 radical (unpaired) electrons. The summed E-state index contributed by atoms with van der Waals surface area (Å²) in [6.07, 6.45) is 7.19. The van der Waals surface area contributed by atoms with Crippen molar-refractivity contribution >= 4 is 5.78 Å². The number of Topliss-reactive ketones (excluding diaryl/α,β-unsaturated/α-hetero) is 1. The quantitative estimate of drug-likeness (QED) is 0.685. The number of ketones is 1. The van der Waals surface area contributed by atoms with E-state index in [1.54, 1.807) is 0 Å². The van der Waals surface area contributed by atoms with Gasteiger partial charge in [0, 0.05) is 25.7 Å². The summed E-state index contributed by atoms with van der Waals surface area (Å²) in [6, 6.07) is 0. The number of hydrogen-bond acceptors (Lipinski definition) is 3. The van der Waals surface area contributed by atoms with Crippen LogP contribution >= 0.6 is 0 Å². The topological polar surface area (TPSA) is 35.5 Å². The fourth-order valence-electron chi connectivity index (χ4n) is 3.58. The maximum absolute atomic E-state index is 11.3. The minimum atomic E-state index is -0.237. The fourth-order valence-corrected chi connectivity index (χ4v) is 3.58. The molecule has 0 amide bonds. The zero-order valence-electron chi connectivity index (χ0n) is 9.74. The van der Waals surface area contributed by atoms with Crippen LogP contribution in [0.25, 0.3) is 0 Å². The Morgan fingerprint density at radius 1 is 1.00 bits per heavy atom. The highest BCUT2D eigenvalue weighted by molar-refractivity contribution is 5.80. The molecular weight excluding hydrogens is 204 g/mol. The minimum absolute atomic E-state index is 0.237. The van der Waals surface area contributed by atoms with Crippen molar-refractivity contribution in [1.82, 2.24) is 0 Å². The summed E-state index contributed by atoms with van der Waals surface area (Å²) < 4.78 is 11.4. The molecule has 1 saturated heterocycles. The van der Waals surface area contributed by atoms with Gasteiger partial charge in [-0.2, -0.15) is 0 Å². The standard InChI is InChI=1S/C13H20O3/c14-12-2-1-11(9-12)10-3-5-13(6-4-10)15-7-8-16-13/h10-11H,1-9H2. The smallest absolute Gasteiger partial charge is 0.168 e. The van der Waals surface area contributed by atoms with Gasteiger partial charge in [-0.15, -0.1) is 0 Å².